The number of carbonyl (C=O) groups is 2. The molecule has 10 heteroatoms. The Morgan fingerprint density at radius 3 is 2.10 bits per heavy atom. The van der Waals surface area contributed by atoms with E-state index in [-0.39, 0.29) is 22.7 Å². The summed E-state index contributed by atoms with van der Waals surface area (Å²) >= 11 is 0. The fourth-order valence-electron chi connectivity index (χ4n) is 3.86. The lowest BCUT2D eigenvalue weighted by Crippen LogP contribution is -2.54. The van der Waals surface area contributed by atoms with Gasteiger partial charge in [0, 0.05) is 17.6 Å². The third-order valence-electron chi connectivity index (χ3n) is 5.93. The van der Waals surface area contributed by atoms with Gasteiger partial charge in [0.2, 0.25) is 11.8 Å². The van der Waals surface area contributed by atoms with Gasteiger partial charge in [0.15, 0.2) is 0 Å². The molecule has 3 aromatic carbocycles. The predicted molar refractivity (Wildman–Crippen MR) is 148 cm³/mol. The van der Waals surface area contributed by atoms with Gasteiger partial charge < -0.3 is 15.0 Å². The van der Waals surface area contributed by atoms with Crippen LogP contribution in [0, 0.1) is 5.82 Å². The lowest BCUT2D eigenvalue weighted by atomic mass is 10.1. The van der Waals surface area contributed by atoms with Crippen LogP contribution < -0.4 is 14.4 Å². The van der Waals surface area contributed by atoms with Gasteiger partial charge in [-0.25, -0.2) is 12.8 Å². The van der Waals surface area contributed by atoms with Crippen LogP contribution in [0.25, 0.3) is 0 Å². The van der Waals surface area contributed by atoms with Crippen molar-refractivity contribution >= 4 is 27.5 Å². The lowest BCUT2D eigenvalue weighted by Gasteiger charge is -2.33. The first-order chi connectivity index (χ1) is 18.3. The number of halogens is 1. The fraction of sp³-hybridized carbons (Fsp3) is 0.310. The molecular weight excluding hydrogens is 521 g/mol. The molecule has 0 aromatic heterocycles. The first kappa shape index (κ1) is 29.6. The second-order valence-electron chi connectivity index (χ2n) is 10.1. The van der Waals surface area contributed by atoms with E-state index in [0.29, 0.717) is 5.75 Å². The third kappa shape index (κ3) is 7.57. The third-order valence-corrected chi connectivity index (χ3v) is 7.72. The lowest BCUT2D eigenvalue weighted by molar-refractivity contribution is -0.140. The van der Waals surface area contributed by atoms with Crippen LogP contribution in [0.15, 0.2) is 83.8 Å². The molecule has 208 valence electrons. The molecule has 0 spiro atoms. The van der Waals surface area contributed by atoms with Gasteiger partial charge in [0.05, 0.1) is 17.7 Å². The van der Waals surface area contributed by atoms with Gasteiger partial charge in [-0.2, -0.15) is 0 Å². The van der Waals surface area contributed by atoms with Gasteiger partial charge in [-0.05, 0) is 70.2 Å². The molecule has 0 aliphatic rings. The summed E-state index contributed by atoms with van der Waals surface area (Å²) in [5.74, 6) is -1.15. The van der Waals surface area contributed by atoms with Crippen molar-refractivity contribution in [2.75, 3.05) is 18.0 Å². The van der Waals surface area contributed by atoms with Crippen molar-refractivity contribution in [3.8, 4) is 5.75 Å². The highest BCUT2D eigenvalue weighted by Gasteiger charge is 2.33. The number of nitrogens with zero attached hydrogens (tertiary/aromatic N) is 2. The van der Waals surface area contributed by atoms with E-state index in [4.69, 9.17) is 4.74 Å². The van der Waals surface area contributed by atoms with E-state index >= 15 is 0 Å². The van der Waals surface area contributed by atoms with Crippen molar-refractivity contribution in [1.29, 1.82) is 0 Å². The number of benzene rings is 3. The van der Waals surface area contributed by atoms with E-state index in [0.717, 1.165) is 4.31 Å². The number of ether oxygens (including phenoxy) is 1. The van der Waals surface area contributed by atoms with Crippen LogP contribution in [-0.4, -0.2) is 50.4 Å². The number of amides is 2. The molecule has 0 fully saturated rings. The monoisotopic (exact) mass is 555 g/mol. The highest BCUT2D eigenvalue weighted by molar-refractivity contribution is 7.92. The number of sulfonamides is 1. The van der Waals surface area contributed by atoms with Crippen LogP contribution in [0.5, 0.6) is 5.75 Å². The Morgan fingerprint density at radius 2 is 1.54 bits per heavy atom. The van der Waals surface area contributed by atoms with Crippen LogP contribution >= 0.6 is 0 Å². The van der Waals surface area contributed by atoms with Crippen molar-refractivity contribution in [1.82, 2.24) is 10.2 Å². The standard InChI is InChI=1S/C29H34FN3O5S/c1-21(28(35)31-29(2,3)4)32(19-22-11-9-10-14-26(22)30)27(34)20-33(23-15-17-24(38-5)18-16-23)39(36,37)25-12-7-6-8-13-25/h6-18,21H,19-20H2,1-5H3,(H,31,35). The summed E-state index contributed by atoms with van der Waals surface area (Å²) in [6.07, 6.45) is 0. The maximum absolute atomic E-state index is 14.6. The normalized spacial score (nSPS) is 12.4. The first-order valence-corrected chi connectivity index (χ1v) is 13.8. The van der Waals surface area contributed by atoms with Crippen molar-refractivity contribution in [3.63, 3.8) is 0 Å². The number of hydrogen-bond acceptors (Lipinski definition) is 5. The molecule has 1 N–H and O–H groups in total. The topological polar surface area (TPSA) is 96.0 Å². The van der Waals surface area contributed by atoms with Crippen LogP contribution in [0.3, 0.4) is 0 Å². The summed E-state index contributed by atoms with van der Waals surface area (Å²) < 4.78 is 48.2. The van der Waals surface area contributed by atoms with Gasteiger partial charge in [-0.3, -0.25) is 13.9 Å². The van der Waals surface area contributed by atoms with Crippen molar-refractivity contribution in [2.45, 2.75) is 50.7 Å². The highest BCUT2D eigenvalue weighted by atomic mass is 32.2. The molecule has 0 bridgehead atoms. The van der Waals surface area contributed by atoms with Crippen LogP contribution in [0.4, 0.5) is 10.1 Å². The maximum atomic E-state index is 14.6. The summed E-state index contributed by atoms with van der Waals surface area (Å²) in [4.78, 5) is 28.1. The number of carbonyl (C=O) groups excluding carboxylic acids is 2. The van der Waals surface area contributed by atoms with E-state index in [2.05, 4.69) is 5.32 Å². The maximum Gasteiger partial charge on any atom is 0.264 e. The summed E-state index contributed by atoms with van der Waals surface area (Å²) in [5.41, 5.74) is -0.155. The summed E-state index contributed by atoms with van der Waals surface area (Å²) in [6, 6.07) is 18.9. The Kier molecular flexibility index (Phi) is 9.34. The zero-order valence-corrected chi connectivity index (χ0v) is 23.5. The molecule has 1 atom stereocenters. The van der Waals surface area contributed by atoms with Gasteiger partial charge in [0.1, 0.15) is 24.2 Å². The molecule has 3 aromatic rings. The van der Waals surface area contributed by atoms with Gasteiger partial charge in [0.25, 0.3) is 10.0 Å². The van der Waals surface area contributed by atoms with Crippen LogP contribution in [0.2, 0.25) is 0 Å². The number of anilines is 1. The minimum Gasteiger partial charge on any atom is -0.497 e. The molecule has 39 heavy (non-hydrogen) atoms. The Bertz CT molecular complexity index is 1390. The van der Waals surface area contributed by atoms with E-state index in [1.54, 1.807) is 57.2 Å². The molecule has 8 nitrogen and oxygen atoms in total. The fourth-order valence-corrected chi connectivity index (χ4v) is 5.30. The molecule has 0 aliphatic heterocycles. The number of hydrogen-bond donors (Lipinski definition) is 1. The summed E-state index contributed by atoms with van der Waals surface area (Å²) in [6.45, 7) is 6.09. The second-order valence-corrected chi connectivity index (χ2v) is 11.9. The molecule has 0 saturated carbocycles. The van der Waals surface area contributed by atoms with Crippen molar-refractivity contribution < 1.29 is 27.1 Å². The predicted octanol–water partition coefficient (Wildman–Crippen LogP) is 4.36. The van der Waals surface area contributed by atoms with E-state index in [9.17, 15) is 22.4 Å². The molecular formula is C29H34FN3O5S. The minimum absolute atomic E-state index is 0.00667. The van der Waals surface area contributed by atoms with Crippen LogP contribution in [-0.2, 0) is 26.2 Å². The molecule has 0 saturated heterocycles. The van der Waals surface area contributed by atoms with Gasteiger partial charge >= 0.3 is 0 Å². The molecule has 2 amide bonds. The SMILES string of the molecule is COc1ccc(N(CC(=O)N(Cc2ccccc2F)C(C)C(=O)NC(C)(C)C)S(=O)(=O)c2ccccc2)cc1. The second kappa shape index (κ2) is 12.3. The van der Waals surface area contributed by atoms with E-state index in [1.165, 1.54) is 61.4 Å². The number of rotatable bonds is 10. The molecule has 0 aliphatic carbocycles. The van der Waals surface area contributed by atoms with Gasteiger partial charge in [-0.15, -0.1) is 0 Å². The zero-order valence-electron chi connectivity index (χ0n) is 22.7. The minimum atomic E-state index is -4.19. The molecule has 3 rings (SSSR count). The summed E-state index contributed by atoms with van der Waals surface area (Å²) in [7, 11) is -2.70. The number of nitrogens with one attached hydrogen (secondary N) is 1. The Labute approximate surface area is 229 Å². The Hall–Kier alpha value is -3.92. The number of methoxy groups -OCH3 is 1. The average Bonchev–Trinajstić information content (AvgIpc) is 2.90. The first-order valence-electron chi connectivity index (χ1n) is 12.4. The Balaban J connectivity index is 2.04. The van der Waals surface area contributed by atoms with Crippen LogP contribution in [0.1, 0.15) is 33.3 Å². The Morgan fingerprint density at radius 1 is 0.949 bits per heavy atom. The molecule has 0 radical (unpaired) electrons. The van der Waals surface area contributed by atoms with Crippen molar-refractivity contribution in [3.05, 3.63) is 90.2 Å². The van der Waals surface area contributed by atoms with E-state index < -0.39 is 45.8 Å². The largest absolute Gasteiger partial charge is 0.497 e. The smallest absolute Gasteiger partial charge is 0.264 e. The average molecular weight is 556 g/mol. The quantitative estimate of drug-likeness (QED) is 0.401. The van der Waals surface area contributed by atoms with Gasteiger partial charge in [-0.1, -0.05) is 36.4 Å². The zero-order chi connectivity index (χ0) is 28.8. The van der Waals surface area contributed by atoms with Crippen molar-refractivity contribution in [2.24, 2.45) is 0 Å². The van der Waals surface area contributed by atoms with E-state index in [1.807, 2.05) is 0 Å². The molecule has 1 unspecified atom stereocenters. The molecule has 0 heterocycles. The highest BCUT2D eigenvalue weighted by Crippen LogP contribution is 2.26. The summed E-state index contributed by atoms with van der Waals surface area (Å²) in [5, 5.41) is 2.84.